The monoisotopic (exact) mass is 185 g/mol. The van der Waals surface area contributed by atoms with Gasteiger partial charge in [0, 0.05) is 0 Å². The van der Waals surface area contributed by atoms with Gasteiger partial charge in [-0.15, -0.1) is 0 Å². The average molecular weight is 185 g/mol. The molecule has 1 aliphatic carbocycles. The topological polar surface area (TPSA) is 74.6 Å². The highest BCUT2D eigenvalue weighted by Crippen LogP contribution is 2.35. The van der Waals surface area contributed by atoms with Gasteiger partial charge in [0.2, 0.25) is 0 Å². The van der Waals surface area contributed by atoms with E-state index >= 15 is 0 Å². The second-order valence-corrected chi connectivity index (χ2v) is 3.54. The van der Waals surface area contributed by atoms with Crippen molar-refractivity contribution in [3.05, 3.63) is 5.92 Å². The van der Waals surface area contributed by atoms with Crippen LogP contribution in [0.4, 0.5) is 0 Å². The van der Waals surface area contributed by atoms with Crippen LogP contribution in [-0.2, 0) is 9.59 Å². The predicted molar refractivity (Wildman–Crippen MR) is 45.0 cm³/mol. The van der Waals surface area contributed by atoms with Crippen LogP contribution in [0, 0.1) is 17.8 Å². The zero-order chi connectivity index (χ0) is 10.0. The summed E-state index contributed by atoms with van der Waals surface area (Å²) in [6.45, 7) is 1.78. The molecule has 0 aromatic rings. The molecule has 0 heterocycles. The molecule has 2 unspecified atom stereocenters. The van der Waals surface area contributed by atoms with Gasteiger partial charge >= 0.3 is 11.9 Å². The fourth-order valence-corrected chi connectivity index (χ4v) is 1.81. The van der Waals surface area contributed by atoms with Crippen LogP contribution in [0.25, 0.3) is 0 Å². The fourth-order valence-electron chi connectivity index (χ4n) is 1.81. The van der Waals surface area contributed by atoms with Crippen LogP contribution in [0.15, 0.2) is 0 Å². The van der Waals surface area contributed by atoms with E-state index in [0.29, 0.717) is 25.2 Å². The fraction of sp³-hybridized carbons (Fsp3) is 0.667. The minimum absolute atomic E-state index is 0.104. The molecule has 0 saturated heterocycles. The van der Waals surface area contributed by atoms with Gasteiger partial charge in [-0.2, -0.15) is 0 Å². The number of hydrogen-bond donors (Lipinski definition) is 2. The maximum Gasteiger partial charge on any atom is 0.311 e. The first-order valence-electron chi connectivity index (χ1n) is 4.34. The smallest absolute Gasteiger partial charge is 0.311 e. The largest absolute Gasteiger partial charge is 0.481 e. The first-order chi connectivity index (χ1) is 6.02. The van der Waals surface area contributed by atoms with Gasteiger partial charge in [0.25, 0.3) is 0 Å². The van der Waals surface area contributed by atoms with E-state index in [9.17, 15) is 9.59 Å². The van der Waals surface area contributed by atoms with E-state index in [1.165, 1.54) is 0 Å². The Morgan fingerprint density at radius 2 is 2.00 bits per heavy atom. The third kappa shape index (κ3) is 2.20. The molecule has 1 radical (unpaired) electrons. The minimum atomic E-state index is -0.878. The first-order valence-corrected chi connectivity index (χ1v) is 4.34. The molecule has 0 amide bonds. The Hall–Kier alpha value is -1.06. The molecule has 4 nitrogen and oxygen atoms in total. The van der Waals surface area contributed by atoms with Crippen molar-refractivity contribution in [2.45, 2.75) is 26.2 Å². The summed E-state index contributed by atoms with van der Waals surface area (Å²) < 4.78 is 0. The SMILES string of the molecule is CC1CC(C(=O)O)CC[C]1C(=O)O. The van der Waals surface area contributed by atoms with Crippen LogP contribution < -0.4 is 0 Å². The van der Waals surface area contributed by atoms with E-state index in [1.54, 1.807) is 6.92 Å². The van der Waals surface area contributed by atoms with Crippen LogP contribution in [0.3, 0.4) is 0 Å². The Labute approximate surface area is 76.6 Å². The quantitative estimate of drug-likeness (QED) is 0.677. The first kappa shape index (κ1) is 10.0. The maximum atomic E-state index is 10.7. The summed E-state index contributed by atoms with van der Waals surface area (Å²) in [5.41, 5.74) is 0. The number of rotatable bonds is 2. The Morgan fingerprint density at radius 3 is 2.38 bits per heavy atom. The Kier molecular flexibility index (Phi) is 2.90. The van der Waals surface area contributed by atoms with Crippen molar-refractivity contribution >= 4 is 11.9 Å². The van der Waals surface area contributed by atoms with Gasteiger partial charge in [0.15, 0.2) is 0 Å². The third-order valence-corrected chi connectivity index (χ3v) is 2.62. The number of carbonyl (C=O) groups is 2. The molecule has 0 aromatic carbocycles. The molecular formula is C9H13O4. The molecule has 1 saturated carbocycles. The minimum Gasteiger partial charge on any atom is -0.481 e. The highest BCUT2D eigenvalue weighted by molar-refractivity contribution is 5.84. The van der Waals surface area contributed by atoms with E-state index in [1.807, 2.05) is 0 Å². The zero-order valence-electron chi connectivity index (χ0n) is 7.49. The van der Waals surface area contributed by atoms with E-state index in [-0.39, 0.29) is 11.8 Å². The second kappa shape index (κ2) is 3.77. The van der Waals surface area contributed by atoms with Crippen LogP contribution in [0.2, 0.25) is 0 Å². The lowest BCUT2D eigenvalue weighted by Gasteiger charge is -2.28. The molecule has 2 atom stereocenters. The lowest BCUT2D eigenvalue weighted by Crippen LogP contribution is -2.30. The molecule has 0 aliphatic heterocycles. The van der Waals surface area contributed by atoms with Gasteiger partial charge in [-0.25, -0.2) is 0 Å². The number of carboxylic acid groups (broad SMARTS) is 2. The summed E-state index contributed by atoms with van der Waals surface area (Å²) in [5.74, 6) is -1.68. The van der Waals surface area contributed by atoms with E-state index in [2.05, 4.69) is 0 Å². The molecule has 73 valence electrons. The van der Waals surface area contributed by atoms with Crippen molar-refractivity contribution in [2.24, 2.45) is 11.8 Å². The van der Waals surface area contributed by atoms with Crippen molar-refractivity contribution in [3.63, 3.8) is 0 Å². The van der Waals surface area contributed by atoms with Crippen molar-refractivity contribution in [3.8, 4) is 0 Å². The highest BCUT2D eigenvalue weighted by atomic mass is 16.4. The molecule has 1 rings (SSSR count). The van der Waals surface area contributed by atoms with Gasteiger partial charge in [-0.05, 0) is 25.2 Å². The van der Waals surface area contributed by atoms with Crippen molar-refractivity contribution < 1.29 is 19.8 Å². The number of hydrogen-bond acceptors (Lipinski definition) is 2. The molecule has 1 aliphatic rings. The van der Waals surface area contributed by atoms with Crippen molar-refractivity contribution in [2.75, 3.05) is 0 Å². The number of carboxylic acids is 2. The Bertz CT molecular complexity index is 224. The van der Waals surface area contributed by atoms with E-state index in [4.69, 9.17) is 10.2 Å². The summed E-state index contributed by atoms with van der Waals surface area (Å²) in [7, 11) is 0. The van der Waals surface area contributed by atoms with Crippen LogP contribution >= 0.6 is 0 Å². The van der Waals surface area contributed by atoms with Gasteiger partial charge in [-0.3, -0.25) is 9.59 Å². The summed E-state index contributed by atoms with van der Waals surface area (Å²) in [4.78, 5) is 21.3. The third-order valence-electron chi connectivity index (χ3n) is 2.62. The normalized spacial score (nSPS) is 29.9. The molecule has 4 heteroatoms. The molecule has 2 N–H and O–H groups in total. The highest BCUT2D eigenvalue weighted by Gasteiger charge is 2.35. The van der Waals surface area contributed by atoms with Crippen molar-refractivity contribution in [1.29, 1.82) is 0 Å². The summed E-state index contributed by atoms with van der Waals surface area (Å²) >= 11 is 0. The zero-order valence-corrected chi connectivity index (χ0v) is 7.49. The lowest BCUT2D eigenvalue weighted by atomic mass is 9.75. The Morgan fingerprint density at radius 1 is 1.38 bits per heavy atom. The van der Waals surface area contributed by atoms with E-state index < -0.39 is 11.9 Å². The van der Waals surface area contributed by atoms with Gasteiger partial charge in [0.05, 0.1) is 11.8 Å². The van der Waals surface area contributed by atoms with Gasteiger partial charge < -0.3 is 10.2 Å². The predicted octanol–water partition coefficient (Wildman–Crippen LogP) is 1.17. The summed E-state index contributed by atoms with van der Waals surface area (Å²) in [6.07, 6.45) is 1.33. The van der Waals surface area contributed by atoms with E-state index in [0.717, 1.165) is 0 Å². The molecule has 0 bridgehead atoms. The molecule has 1 fully saturated rings. The molecule has 0 spiro atoms. The standard InChI is InChI=1S/C9H13O4/c1-5-4-6(8(10)11)2-3-7(5)9(12)13/h5-6H,2-4H2,1H3,(H,10,11)(H,12,13). The van der Waals surface area contributed by atoms with Crippen LogP contribution in [0.5, 0.6) is 0 Å². The maximum absolute atomic E-state index is 10.7. The van der Waals surface area contributed by atoms with Crippen LogP contribution in [0.1, 0.15) is 26.2 Å². The second-order valence-electron chi connectivity index (χ2n) is 3.54. The van der Waals surface area contributed by atoms with Gasteiger partial charge in [0.1, 0.15) is 0 Å². The molecule has 0 aromatic heterocycles. The number of aliphatic carboxylic acids is 2. The molecular weight excluding hydrogens is 172 g/mol. The van der Waals surface area contributed by atoms with Crippen molar-refractivity contribution in [1.82, 2.24) is 0 Å². The molecule has 13 heavy (non-hydrogen) atoms. The lowest BCUT2D eigenvalue weighted by molar-refractivity contribution is -0.145. The van der Waals surface area contributed by atoms with Gasteiger partial charge in [-0.1, -0.05) is 6.92 Å². The van der Waals surface area contributed by atoms with Crippen LogP contribution in [-0.4, -0.2) is 22.2 Å². The summed E-state index contributed by atoms with van der Waals surface area (Å²) in [5, 5.41) is 17.5. The Balaban J connectivity index is 2.56. The summed E-state index contributed by atoms with van der Waals surface area (Å²) in [6, 6.07) is 0. The average Bonchev–Trinajstić information content (AvgIpc) is 2.03.